The van der Waals surface area contributed by atoms with Crippen LogP contribution in [0, 0.1) is 0 Å². The number of hydrogen-bond donors (Lipinski definition) is 1. The third kappa shape index (κ3) is 2.60. The molecule has 1 saturated carbocycles. The van der Waals surface area contributed by atoms with E-state index in [1.165, 1.54) is 12.8 Å². The van der Waals surface area contributed by atoms with Gasteiger partial charge < -0.3 is 5.32 Å². The van der Waals surface area contributed by atoms with Crippen LogP contribution in [0.25, 0.3) is 0 Å². The molecule has 1 aliphatic rings. The molecule has 1 fully saturated rings. The van der Waals surface area contributed by atoms with Gasteiger partial charge in [-0.25, -0.2) is 0 Å². The summed E-state index contributed by atoms with van der Waals surface area (Å²) < 4.78 is 0. The SMILES string of the molecule is Clc1ccc(CNC2CC2)c(Cl)c1. The van der Waals surface area contributed by atoms with Crippen LogP contribution in [0.4, 0.5) is 0 Å². The van der Waals surface area contributed by atoms with Gasteiger partial charge in [-0.15, -0.1) is 0 Å². The fraction of sp³-hybridized carbons (Fsp3) is 0.400. The van der Waals surface area contributed by atoms with Crippen molar-refractivity contribution in [1.29, 1.82) is 0 Å². The van der Waals surface area contributed by atoms with Crippen LogP contribution >= 0.6 is 23.2 Å². The molecule has 3 heteroatoms. The highest BCUT2D eigenvalue weighted by molar-refractivity contribution is 6.35. The molecule has 0 amide bonds. The molecule has 0 saturated heterocycles. The summed E-state index contributed by atoms with van der Waals surface area (Å²) in [6, 6.07) is 6.34. The maximum Gasteiger partial charge on any atom is 0.0465 e. The van der Waals surface area contributed by atoms with Crippen LogP contribution in [0.15, 0.2) is 18.2 Å². The van der Waals surface area contributed by atoms with Gasteiger partial charge in [0.05, 0.1) is 0 Å². The van der Waals surface area contributed by atoms with E-state index in [0.29, 0.717) is 11.1 Å². The van der Waals surface area contributed by atoms with Gasteiger partial charge in [0, 0.05) is 22.6 Å². The number of rotatable bonds is 3. The highest BCUT2D eigenvalue weighted by Gasteiger charge is 2.20. The number of hydrogen-bond acceptors (Lipinski definition) is 1. The minimum atomic E-state index is 0.695. The molecule has 70 valence electrons. The first kappa shape index (κ1) is 9.32. The van der Waals surface area contributed by atoms with Crippen molar-refractivity contribution >= 4 is 23.2 Å². The van der Waals surface area contributed by atoms with E-state index in [9.17, 15) is 0 Å². The van der Waals surface area contributed by atoms with Gasteiger partial charge >= 0.3 is 0 Å². The Bertz CT molecular complexity index is 308. The fourth-order valence-electron chi connectivity index (χ4n) is 1.21. The molecule has 0 heterocycles. The minimum absolute atomic E-state index is 0.695. The Hall–Kier alpha value is -0.240. The predicted octanol–water partition coefficient (Wildman–Crippen LogP) is 3.25. The van der Waals surface area contributed by atoms with E-state index in [2.05, 4.69) is 5.32 Å². The van der Waals surface area contributed by atoms with Crippen molar-refractivity contribution < 1.29 is 0 Å². The molecule has 13 heavy (non-hydrogen) atoms. The molecule has 1 nitrogen and oxygen atoms in total. The van der Waals surface area contributed by atoms with Gasteiger partial charge in [0.2, 0.25) is 0 Å². The van der Waals surface area contributed by atoms with Crippen molar-refractivity contribution in [2.24, 2.45) is 0 Å². The van der Waals surface area contributed by atoms with E-state index in [1.54, 1.807) is 6.07 Å². The van der Waals surface area contributed by atoms with Gasteiger partial charge in [0.15, 0.2) is 0 Å². The molecule has 1 aromatic rings. The zero-order valence-electron chi connectivity index (χ0n) is 7.19. The van der Waals surface area contributed by atoms with Crippen LogP contribution in [0.5, 0.6) is 0 Å². The predicted molar refractivity (Wildman–Crippen MR) is 56.3 cm³/mol. The third-order valence-corrected chi connectivity index (χ3v) is 2.76. The number of nitrogens with one attached hydrogen (secondary N) is 1. The smallest absolute Gasteiger partial charge is 0.0465 e. The normalized spacial score (nSPS) is 16.2. The highest BCUT2D eigenvalue weighted by atomic mass is 35.5. The fourth-order valence-corrected chi connectivity index (χ4v) is 1.68. The molecule has 0 aromatic heterocycles. The van der Waals surface area contributed by atoms with Crippen molar-refractivity contribution in [1.82, 2.24) is 5.32 Å². The second-order valence-electron chi connectivity index (χ2n) is 3.39. The first-order chi connectivity index (χ1) is 6.25. The topological polar surface area (TPSA) is 12.0 Å². The van der Waals surface area contributed by atoms with E-state index < -0.39 is 0 Å². The van der Waals surface area contributed by atoms with Gasteiger partial charge in [0.25, 0.3) is 0 Å². The molecule has 1 aliphatic carbocycles. The summed E-state index contributed by atoms with van der Waals surface area (Å²) in [5.74, 6) is 0. The molecular weight excluding hydrogens is 205 g/mol. The summed E-state index contributed by atoms with van der Waals surface area (Å²) in [5.41, 5.74) is 1.12. The molecule has 0 atom stereocenters. The van der Waals surface area contributed by atoms with E-state index in [-0.39, 0.29) is 0 Å². The largest absolute Gasteiger partial charge is 0.310 e. The second kappa shape index (κ2) is 3.87. The lowest BCUT2D eigenvalue weighted by Gasteiger charge is -2.05. The van der Waals surface area contributed by atoms with Crippen LogP contribution in [-0.2, 0) is 6.54 Å². The third-order valence-electron chi connectivity index (χ3n) is 2.17. The molecule has 0 spiro atoms. The molecule has 0 radical (unpaired) electrons. The maximum atomic E-state index is 6.01. The van der Waals surface area contributed by atoms with Crippen LogP contribution in [0.3, 0.4) is 0 Å². The molecule has 1 aromatic carbocycles. The first-order valence-electron chi connectivity index (χ1n) is 4.43. The standard InChI is InChI=1S/C10H11Cl2N/c11-8-2-1-7(10(12)5-8)6-13-9-3-4-9/h1-2,5,9,13H,3-4,6H2. The summed E-state index contributed by atoms with van der Waals surface area (Å²) in [7, 11) is 0. The molecule has 0 aliphatic heterocycles. The van der Waals surface area contributed by atoms with Crippen molar-refractivity contribution in [3.8, 4) is 0 Å². The summed E-state index contributed by atoms with van der Waals surface area (Å²) in [6.07, 6.45) is 2.59. The quantitative estimate of drug-likeness (QED) is 0.817. The Kier molecular flexibility index (Phi) is 2.77. The monoisotopic (exact) mass is 215 g/mol. The molecule has 2 rings (SSSR count). The lowest BCUT2D eigenvalue weighted by molar-refractivity contribution is 0.688. The molecular formula is C10H11Cl2N. The summed E-state index contributed by atoms with van der Waals surface area (Å²) >= 11 is 11.8. The second-order valence-corrected chi connectivity index (χ2v) is 4.23. The maximum absolute atomic E-state index is 6.01. The van der Waals surface area contributed by atoms with Gasteiger partial charge in [-0.3, -0.25) is 0 Å². The zero-order chi connectivity index (χ0) is 9.26. The zero-order valence-corrected chi connectivity index (χ0v) is 8.70. The first-order valence-corrected chi connectivity index (χ1v) is 5.18. The molecule has 0 bridgehead atoms. The number of benzene rings is 1. The van der Waals surface area contributed by atoms with Crippen LogP contribution in [0.2, 0.25) is 10.0 Å². The summed E-state index contributed by atoms with van der Waals surface area (Å²) in [6.45, 7) is 0.848. The van der Waals surface area contributed by atoms with Crippen LogP contribution in [0.1, 0.15) is 18.4 Å². The minimum Gasteiger partial charge on any atom is -0.310 e. The average molecular weight is 216 g/mol. The van der Waals surface area contributed by atoms with Gasteiger partial charge in [0.1, 0.15) is 0 Å². The van der Waals surface area contributed by atoms with Crippen molar-refractivity contribution in [2.45, 2.75) is 25.4 Å². The molecule has 0 unspecified atom stereocenters. The lowest BCUT2D eigenvalue weighted by Crippen LogP contribution is -2.15. The Morgan fingerprint density at radius 2 is 2.08 bits per heavy atom. The van der Waals surface area contributed by atoms with E-state index in [4.69, 9.17) is 23.2 Å². The van der Waals surface area contributed by atoms with Crippen LogP contribution in [-0.4, -0.2) is 6.04 Å². The van der Waals surface area contributed by atoms with Crippen molar-refractivity contribution in [3.63, 3.8) is 0 Å². The Morgan fingerprint density at radius 1 is 1.31 bits per heavy atom. The molecule has 1 N–H and O–H groups in total. The van der Waals surface area contributed by atoms with E-state index in [1.807, 2.05) is 12.1 Å². The highest BCUT2D eigenvalue weighted by Crippen LogP contribution is 2.23. The van der Waals surface area contributed by atoms with Crippen LogP contribution < -0.4 is 5.32 Å². The number of halogens is 2. The summed E-state index contributed by atoms with van der Waals surface area (Å²) in [4.78, 5) is 0. The van der Waals surface area contributed by atoms with Crippen molar-refractivity contribution in [2.75, 3.05) is 0 Å². The van der Waals surface area contributed by atoms with E-state index in [0.717, 1.165) is 17.1 Å². The van der Waals surface area contributed by atoms with Gasteiger partial charge in [-0.1, -0.05) is 29.3 Å². The Balaban J connectivity index is 2.01. The average Bonchev–Trinajstić information content (AvgIpc) is 2.86. The van der Waals surface area contributed by atoms with Gasteiger partial charge in [-0.05, 0) is 30.5 Å². The van der Waals surface area contributed by atoms with E-state index >= 15 is 0 Å². The Morgan fingerprint density at radius 3 is 2.69 bits per heavy atom. The van der Waals surface area contributed by atoms with Crippen molar-refractivity contribution in [3.05, 3.63) is 33.8 Å². The lowest BCUT2D eigenvalue weighted by atomic mass is 10.2. The summed E-state index contributed by atoms with van der Waals surface area (Å²) in [5, 5.41) is 4.85. The van der Waals surface area contributed by atoms with Gasteiger partial charge in [-0.2, -0.15) is 0 Å². The Labute approximate surface area is 88.0 Å².